The Labute approximate surface area is 144 Å². The Bertz CT molecular complexity index is 855. The normalized spacial score (nSPS) is 23.0. The van der Waals surface area contributed by atoms with E-state index in [1.54, 1.807) is 30.1 Å². The molecular weight excluding hydrogens is 326 g/mol. The number of likely N-dealkylation sites (tertiary alicyclic amines) is 1. The van der Waals surface area contributed by atoms with Crippen molar-refractivity contribution in [1.29, 1.82) is 0 Å². The smallest absolute Gasteiger partial charge is 0.257 e. The molecule has 0 N–H and O–H groups in total. The van der Waals surface area contributed by atoms with Gasteiger partial charge in [0.2, 0.25) is 0 Å². The van der Waals surface area contributed by atoms with Crippen molar-refractivity contribution in [2.75, 3.05) is 27.2 Å². The highest BCUT2D eigenvalue weighted by Crippen LogP contribution is 2.34. The van der Waals surface area contributed by atoms with Crippen LogP contribution in [0.3, 0.4) is 0 Å². The maximum Gasteiger partial charge on any atom is 0.257 e. The Hall–Kier alpha value is -2.47. The van der Waals surface area contributed by atoms with Gasteiger partial charge in [0.25, 0.3) is 5.91 Å². The predicted octanol–water partition coefficient (Wildman–Crippen LogP) is 2.78. The third-order valence-electron chi connectivity index (χ3n) is 4.97. The zero-order chi connectivity index (χ0) is 17.7. The lowest BCUT2D eigenvalue weighted by molar-refractivity contribution is 0.0682. The molecule has 0 radical (unpaired) electrons. The van der Waals surface area contributed by atoms with Crippen molar-refractivity contribution in [2.45, 2.75) is 12.1 Å². The highest BCUT2D eigenvalue weighted by atomic mass is 19.1. The van der Waals surface area contributed by atoms with Crippen LogP contribution in [-0.2, 0) is 0 Å². The molecule has 4 rings (SSSR count). The lowest BCUT2D eigenvalue weighted by Crippen LogP contribution is -2.44. The van der Waals surface area contributed by atoms with Gasteiger partial charge in [-0.3, -0.25) is 4.79 Å². The van der Waals surface area contributed by atoms with Gasteiger partial charge in [-0.05, 0) is 36.9 Å². The summed E-state index contributed by atoms with van der Waals surface area (Å²) >= 11 is 0. The van der Waals surface area contributed by atoms with Gasteiger partial charge in [0.15, 0.2) is 0 Å². The Morgan fingerprint density at radius 3 is 2.56 bits per heavy atom. The molecule has 0 saturated carbocycles. The lowest BCUT2D eigenvalue weighted by atomic mass is 10.0. The fraction of sp³-hybridized carbons (Fsp3) is 0.316. The highest BCUT2D eigenvalue weighted by Gasteiger charge is 2.41. The SMILES string of the molecule is CN1C[C@@H]2Oc3cc(-c4ccc(F)cc4F)ccc3C(=O)N(C)[C@@H]2C1. The molecule has 4 nitrogen and oxygen atoms in total. The number of ether oxygens (including phenoxy) is 1. The van der Waals surface area contributed by atoms with E-state index in [9.17, 15) is 13.6 Å². The molecule has 0 aliphatic carbocycles. The van der Waals surface area contributed by atoms with Crippen LogP contribution < -0.4 is 4.74 Å². The summed E-state index contributed by atoms with van der Waals surface area (Å²) in [6, 6.07) is 8.42. The fourth-order valence-corrected chi connectivity index (χ4v) is 3.62. The Kier molecular flexibility index (Phi) is 3.72. The zero-order valence-electron chi connectivity index (χ0n) is 14.0. The van der Waals surface area contributed by atoms with E-state index in [0.29, 0.717) is 16.9 Å². The minimum Gasteiger partial charge on any atom is -0.486 e. The number of likely N-dealkylation sites (N-methyl/N-ethyl adjacent to an activating group) is 2. The van der Waals surface area contributed by atoms with Crippen molar-refractivity contribution in [3.63, 3.8) is 0 Å². The van der Waals surface area contributed by atoms with Crippen LogP contribution in [0.2, 0.25) is 0 Å². The second kappa shape index (κ2) is 5.81. The van der Waals surface area contributed by atoms with Crippen LogP contribution in [0.4, 0.5) is 8.78 Å². The third-order valence-corrected chi connectivity index (χ3v) is 4.97. The van der Waals surface area contributed by atoms with Gasteiger partial charge in [0.05, 0.1) is 11.6 Å². The van der Waals surface area contributed by atoms with Crippen molar-refractivity contribution in [2.24, 2.45) is 0 Å². The van der Waals surface area contributed by atoms with E-state index >= 15 is 0 Å². The third kappa shape index (κ3) is 2.66. The molecule has 2 aliphatic heterocycles. The van der Waals surface area contributed by atoms with Crippen LogP contribution in [0.5, 0.6) is 5.75 Å². The fourth-order valence-electron chi connectivity index (χ4n) is 3.62. The van der Waals surface area contributed by atoms with E-state index in [1.165, 1.54) is 12.1 Å². The van der Waals surface area contributed by atoms with Gasteiger partial charge in [0.1, 0.15) is 23.5 Å². The summed E-state index contributed by atoms with van der Waals surface area (Å²) in [7, 11) is 3.77. The number of carbonyl (C=O) groups is 1. The monoisotopic (exact) mass is 344 g/mol. The van der Waals surface area contributed by atoms with Crippen LogP contribution in [0.1, 0.15) is 10.4 Å². The van der Waals surface area contributed by atoms with Crippen LogP contribution in [0.15, 0.2) is 36.4 Å². The molecule has 2 aromatic rings. The van der Waals surface area contributed by atoms with Crippen LogP contribution >= 0.6 is 0 Å². The standard InChI is InChI=1S/C19H18F2N2O2/c1-22-9-16-18(10-22)25-17-7-11(3-5-14(17)19(24)23(16)2)13-6-4-12(20)8-15(13)21/h3-8,16,18H,9-10H2,1-2H3/t16-,18+/m1/s1. The number of carbonyl (C=O) groups excluding carboxylic acids is 1. The molecule has 0 unspecified atom stereocenters. The summed E-state index contributed by atoms with van der Waals surface area (Å²) in [4.78, 5) is 16.6. The Morgan fingerprint density at radius 1 is 1.04 bits per heavy atom. The van der Waals surface area contributed by atoms with Gasteiger partial charge in [-0.1, -0.05) is 6.07 Å². The molecule has 25 heavy (non-hydrogen) atoms. The molecule has 2 heterocycles. The number of amides is 1. The number of hydrogen-bond donors (Lipinski definition) is 0. The van der Waals surface area contributed by atoms with Gasteiger partial charge in [-0.2, -0.15) is 0 Å². The van der Waals surface area contributed by atoms with Crippen molar-refractivity contribution in [3.8, 4) is 16.9 Å². The van der Waals surface area contributed by atoms with E-state index in [4.69, 9.17) is 4.74 Å². The van der Waals surface area contributed by atoms with Gasteiger partial charge in [-0.25, -0.2) is 8.78 Å². The van der Waals surface area contributed by atoms with E-state index in [0.717, 1.165) is 19.2 Å². The Balaban J connectivity index is 1.77. The van der Waals surface area contributed by atoms with Crippen LogP contribution in [0.25, 0.3) is 11.1 Å². The van der Waals surface area contributed by atoms with Crippen molar-refractivity contribution < 1.29 is 18.3 Å². The van der Waals surface area contributed by atoms with Gasteiger partial charge >= 0.3 is 0 Å². The topological polar surface area (TPSA) is 32.8 Å². The molecule has 0 bridgehead atoms. The van der Waals surface area contributed by atoms with E-state index in [1.807, 2.05) is 7.05 Å². The summed E-state index contributed by atoms with van der Waals surface area (Å²) in [5, 5.41) is 0. The average molecular weight is 344 g/mol. The molecule has 130 valence electrons. The summed E-state index contributed by atoms with van der Waals surface area (Å²) in [5.74, 6) is -0.929. The maximum absolute atomic E-state index is 14.1. The second-order valence-corrected chi connectivity index (χ2v) is 6.70. The summed E-state index contributed by atoms with van der Waals surface area (Å²) < 4.78 is 33.4. The lowest BCUT2D eigenvalue weighted by Gasteiger charge is -2.25. The van der Waals surface area contributed by atoms with Crippen LogP contribution in [0, 0.1) is 11.6 Å². The first-order chi connectivity index (χ1) is 11.9. The van der Waals surface area contributed by atoms with Crippen LogP contribution in [-0.4, -0.2) is 55.0 Å². The average Bonchev–Trinajstić information content (AvgIpc) is 2.90. The largest absolute Gasteiger partial charge is 0.486 e. The first-order valence-corrected chi connectivity index (χ1v) is 8.16. The summed E-state index contributed by atoms with van der Waals surface area (Å²) in [6.07, 6.45) is -0.131. The molecule has 0 spiro atoms. The van der Waals surface area contributed by atoms with Crippen molar-refractivity contribution in [1.82, 2.24) is 9.80 Å². The number of fused-ring (bicyclic) bond motifs is 2. The molecule has 1 saturated heterocycles. The Morgan fingerprint density at radius 2 is 1.80 bits per heavy atom. The number of rotatable bonds is 1. The second-order valence-electron chi connectivity index (χ2n) is 6.70. The number of halogens is 2. The maximum atomic E-state index is 14.1. The summed E-state index contributed by atoms with van der Waals surface area (Å²) in [6.45, 7) is 1.47. The molecule has 2 aliphatic rings. The summed E-state index contributed by atoms with van der Waals surface area (Å²) in [5.41, 5.74) is 1.29. The molecular formula is C19H18F2N2O2. The van der Waals surface area contributed by atoms with Crippen molar-refractivity contribution >= 4 is 5.91 Å². The molecule has 2 atom stereocenters. The minimum absolute atomic E-state index is 0.0177. The van der Waals surface area contributed by atoms with Crippen molar-refractivity contribution in [3.05, 3.63) is 53.6 Å². The van der Waals surface area contributed by atoms with E-state index in [2.05, 4.69) is 4.90 Å². The van der Waals surface area contributed by atoms with Gasteiger partial charge < -0.3 is 14.5 Å². The zero-order valence-corrected chi connectivity index (χ0v) is 14.0. The van der Waals surface area contributed by atoms with Gasteiger partial charge in [-0.15, -0.1) is 0 Å². The molecule has 0 aromatic heterocycles. The number of hydrogen-bond acceptors (Lipinski definition) is 3. The van der Waals surface area contributed by atoms with E-state index in [-0.39, 0.29) is 23.6 Å². The molecule has 1 fully saturated rings. The first kappa shape index (κ1) is 16.0. The predicted molar refractivity (Wildman–Crippen MR) is 89.6 cm³/mol. The number of nitrogens with zero attached hydrogens (tertiary/aromatic N) is 2. The van der Waals surface area contributed by atoms with E-state index < -0.39 is 11.6 Å². The molecule has 1 amide bonds. The molecule has 2 aromatic carbocycles. The quantitative estimate of drug-likeness (QED) is 0.798. The highest BCUT2D eigenvalue weighted by molar-refractivity contribution is 5.98. The number of benzene rings is 2. The molecule has 6 heteroatoms. The minimum atomic E-state index is -0.643. The first-order valence-electron chi connectivity index (χ1n) is 8.16. The van der Waals surface area contributed by atoms with Gasteiger partial charge in [0, 0.05) is 31.8 Å².